The molecule has 0 spiro atoms. The predicted molar refractivity (Wildman–Crippen MR) is 55.6 cm³/mol. The first-order valence-corrected chi connectivity index (χ1v) is 4.52. The van der Waals surface area contributed by atoms with Crippen LogP contribution in [0.5, 0.6) is 5.75 Å². The molecule has 1 aromatic rings. The first-order valence-electron chi connectivity index (χ1n) is 4.52. The van der Waals surface area contributed by atoms with Gasteiger partial charge >= 0.3 is 0 Å². The number of amidine groups is 1. The Bertz CT molecular complexity index is 323. The summed E-state index contributed by atoms with van der Waals surface area (Å²) >= 11 is 0. The summed E-state index contributed by atoms with van der Waals surface area (Å²) in [5.41, 5.74) is 6.24. The van der Waals surface area contributed by atoms with Gasteiger partial charge in [0.1, 0.15) is 5.75 Å². The van der Waals surface area contributed by atoms with Crippen LogP contribution in [-0.4, -0.2) is 16.9 Å². The summed E-state index contributed by atoms with van der Waals surface area (Å²) in [6.07, 6.45) is 3.83. The van der Waals surface area contributed by atoms with Gasteiger partial charge in [0, 0.05) is 18.2 Å². The summed E-state index contributed by atoms with van der Waals surface area (Å²) in [4.78, 5) is 3.97. The van der Waals surface area contributed by atoms with Crippen LogP contribution in [0.25, 0.3) is 0 Å². The molecule has 0 aliphatic heterocycles. The number of rotatable bonds is 4. The molecule has 0 atom stereocenters. The van der Waals surface area contributed by atoms with E-state index in [1.54, 1.807) is 12.4 Å². The fourth-order valence-electron chi connectivity index (χ4n) is 1.12. The van der Waals surface area contributed by atoms with E-state index in [-0.39, 0.29) is 11.9 Å². The van der Waals surface area contributed by atoms with Gasteiger partial charge in [-0.25, -0.2) is 0 Å². The third-order valence-corrected chi connectivity index (χ3v) is 1.61. The minimum Gasteiger partial charge on any atom is -0.489 e. The Morgan fingerprint density at radius 3 is 2.93 bits per heavy atom. The van der Waals surface area contributed by atoms with Gasteiger partial charge in [-0.05, 0) is 19.9 Å². The summed E-state index contributed by atoms with van der Waals surface area (Å²) in [7, 11) is 0. The predicted octanol–water partition coefficient (Wildman–Crippen LogP) is 1.35. The Labute approximate surface area is 83.6 Å². The number of nitrogens with one attached hydrogen (secondary N) is 1. The Balaban J connectivity index is 2.85. The molecule has 0 amide bonds. The topological polar surface area (TPSA) is 72.0 Å². The van der Waals surface area contributed by atoms with E-state index in [9.17, 15) is 0 Å². The fraction of sp³-hybridized carbons (Fsp3) is 0.400. The number of nitrogens with two attached hydrogens (primary N) is 1. The third kappa shape index (κ3) is 3.05. The second kappa shape index (κ2) is 4.60. The van der Waals surface area contributed by atoms with Gasteiger partial charge in [0.2, 0.25) is 0 Å². The minimum atomic E-state index is 0.102. The second-order valence-electron chi connectivity index (χ2n) is 3.35. The zero-order chi connectivity index (χ0) is 10.6. The maximum Gasteiger partial charge on any atom is 0.141 e. The highest BCUT2D eigenvalue weighted by molar-refractivity contribution is 5.80. The summed E-state index contributed by atoms with van der Waals surface area (Å²) in [6, 6.07) is 1.82. The highest BCUT2D eigenvalue weighted by Gasteiger charge is 2.06. The van der Waals surface area contributed by atoms with Gasteiger partial charge in [-0.15, -0.1) is 0 Å². The highest BCUT2D eigenvalue weighted by atomic mass is 16.5. The molecule has 0 bridgehead atoms. The van der Waals surface area contributed by atoms with E-state index >= 15 is 0 Å². The van der Waals surface area contributed by atoms with E-state index in [1.165, 1.54) is 0 Å². The van der Waals surface area contributed by atoms with E-state index in [4.69, 9.17) is 15.9 Å². The molecular weight excluding hydrogens is 178 g/mol. The van der Waals surface area contributed by atoms with Crippen LogP contribution in [0.4, 0.5) is 0 Å². The van der Waals surface area contributed by atoms with Crippen molar-refractivity contribution in [2.45, 2.75) is 26.4 Å². The third-order valence-electron chi connectivity index (χ3n) is 1.61. The molecule has 3 N–H and O–H groups in total. The molecule has 0 saturated heterocycles. The number of hydrogen-bond donors (Lipinski definition) is 2. The molecule has 0 radical (unpaired) electrons. The molecule has 14 heavy (non-hydrogen) atoms. The SMILES string of the molecule is CC(C)Oc1cnccc1CC(=N)N. The van der Waals surface area contributed by atoms with Crippen molar-refractivity contribution in [3.8, 4) is 5.75 Å². The Kier molecular flexibility index (Phi) is 3.45. The molecule has 0 aliphatic rings. The molecule has 1 aromatic heterocycles. The number of ether oxygens (including phenoxy) is 1. The monoisotopic (exact) mass is 193 g/mol. The van der Waals surface area contributed by atoms with Crippen LogP contribution in [0.3, 0.4) is 0 Å². The lowest BCUT2D eigenvalue weighted by Crippen LogP contribution is -2.15. The normalized spacial score (nSPS) is 10.2. The number of aromatic nitrogens is 1. The van der Waals surface area contributed by atoms with Crippen molar-refractivity contribution < 1.29 is 4.74 Å². The van der Waals surface area contributed by atoms with Crippen LogP contribution >= 0.6 is 0 Å². The van der Waals surface area contributed by atoms with Gasteiger partial charge in [-0.1, -0.05) is 0 Å². The van der Waals surface area contributed by atoms with E-state index in [1.807, 2.05) is 19.9 Å². The minimum absolute atomic E-state index is 0.102. The van der Waals surface area contributed by atoms with E-state index < -0.39 is 0 Å². The van der Waals surface area contributed by atoms with Crippen molar-refractivity contribution in [3.05, 3.63) is 24.0 Å². The largest absolute Gasteiger partial charge is 0.489 e. The van der Waals surface area contributed by atoms with Crippen molar-refractivity contribution in [3.63, 3.8) is 0 Å². The first kappa shape index (κ1) is 10.5. The molecule has 0 saturated carbocycles. The van der Waals surface area contributed by atoms with E-state index in [0.717, 1.165) is 5.56 Å². The zero-order valence-electron chi connectivity index (χ0n) is 8.45. The van der Waals surface area contributed by atoms with Gasteiger partial charge in [0.25, 0.3) is 0 Å². The molecule has 76 valence electrons. The molecule has 1 rings (SSSR count). The van der Waals surface area contributed by atoms with Crippen molar-refractivity contribution in [2.24, 2.45) is 5.73 Å². The van der Waals surface area contributed by atoms with Crippen LogP contribution in [-0.2, 0) is 6.42 Å². The van der Waals surface area contributed by atoms with E-state index in [2.05, 4.69) is 4.98 Å². The first-order chi connectivity index (χ1) is 6.59. The number of nitrogens with zero attached hydrogens (tertiary/aromatic N) is 1. The van der Waals surface area contributed by atoms with Crippen molar-refractivity contribution in [1.82, 2.24) is 4.98 Å². The smallest absolute Gasteiger partial charge is 0.141 e. The molecular formula is C10H15N3O. The van der Waals surface area contributed by atoms with Crippen LogP contribution in [0.2, 0.25) is 0 Å². The van der Waals surface area contributed by atoms with Crippen LogP contribution in [0.1, 0.15) is 19.4 Å². The van der Waals surface area contributed by atoms with Gasteiger partial charge in [-0.3, -0.25) is 10.4 Å². The van der Waals surface area contributed by atoms with E-state index in [0.29, 0.717) is 12.2 Å². The van der Waals surface area contributed by atoms with Crippen LogP contribution in [0.15, 0.2) is 18.5 Å². The van der Waals surface area contributed by atoms with Gasteiger partial charge < -0.3 is 10.5 Å². The summed E-state index contributed by atoms with van der Waals surface area (Å²) < 4.78 is 5.53. The maximum atomic E-state index is 7.21. The highest BCUT2D eigenvalue weighted by Crippen LogP contribution is 2.18. The number of pyridine rings is 1. The van der Waals surface area contributed by atoms with Gasteiger partial charge in [0.05, 0.1) is 18.1 Å². The summed E-state index contributed by atoms with van der Waals surface area (Å²) in [5, 5.41) is 7.21. The molecule has 4 heteroatoms. The summed E-state index contributed by atoms with van der Waals surface area (Å²) in [6.45, 7) is 3.90. The standard InChI is InChI=1S/C10H15N3O/c1-7(2)14-9-6-13-4-3-8(9)5-10(11)12/h3-4,6-7H,5H2,1-2H3,(H3,11,12). The number of hydrogen-bond acceptors (Lipinski definition) is 3. The quantitative estimate of drug-likeness (QED) is 0.560. The Hall–Kier alpha value is -1.58. The molecule has 0 aromatic carbocycles. The van der Waals surface area contributed by atoms with Crippen LogP contribution < -0.4 is 10.5 Å². The molecule has 0 unspecified atom stereocenters. The maximum absolute atomic E-state index is 7.21. The second-order valence-corrected chi connectivity index (χ2v) is 3.35. The fourth-order valence-corrected chi connectivity index (χ4v) is 1.12. The lowest BCUT2D eigenvalue weighted by molar-refractivity contribution is 0.239. The van der Waals surface area contributed by atoms with Crippen LogP contribution in [0, 0.1) is 5.41 Å². The Morgan fingerprint density at radius 2 is 2.36 bits per heavy atom. The van der Waals surface area contributed by atoms with Crippen molar-refractivity contribution in [1.29, 1.82) is 5.41 Å². The lowest BCUT2D eigenvalue weighted by atomic mass is 10.1. The van der Waals surface area contributed by atoms with Gasteiger partial charge in [0.15, 0.2) is 0 Å². The molecule has 1 heterocycles. The average molecular weight is 193 g/mol. The average Bonchev–Trinajstić information content (AvgIpc) is 2.06. The lowest BCUT2D eigenvalue weighted by Gasteiger charge is -2.12. The molecule has 0 aliphatic carbocycles. The summed E-state index contributed by atoms with van der Waals surface area (Å²) in [5.74, 6) is 0.836. The molecule has 4 nitrogen and oxygen atoms in total. The van der Waals surface area contributed by atoms with Gasteiger partial charge in [-0.2, -0.15) is 0 Å². The Morgan fingerprint density at radius 1 is 1.64 bits per heavy atom. The zero-order valence-corrected chi connectivity index (χ0v) is 8.45. The van der Waals surface area contributed by atoms with Crippen molar-refractivity contribution >= 4 is 5.84 Å². The molecule has 0 fully saturated rings. The van der Waals surface area contributed by atoms with Crippen molar-refractivity contribution in [2.75, 3.05) is 0 Å².